The zero-order valence-corrected chi connectivity index (χ0v) is 11.5. The van der Waals surface area contributed by atoms with Gasteiger partial charge in [0, 0.05) is 12.6 Å². The summed E-state index contributed by atoms with van der Waals surface area (Å²) in [5.41, 5.74) is 0. The molecule has 0 fully saturated rings. The molecule has 0 aliphatic carbocycles. The number of benzene rings is 1. The first kappa shape index (κ1) is 15.3. The highest BCUT2D eigenvalue weighted by Crippen LogP contribution is 2.26. The molecule has 0 saturated heterocycles. The lowest BCUT2D eigenvalue weighted by Crippen LogP contribution is -2.31. The van der Waals surface area contributed by atoms with E-state index in [-0.39, 0.29) is 6.61 Å². The van der Waals surface area contributed by atoms with Crippen molar-refractivity contribution < 1.29 is 9.84 Å². The van der Waals surface area contributed by atoms with Crippen molar-refractivity contribution in [2.45, 2.75) is 12.5 Å². The molecule has 0 radical (unpaired) electrons. The third-order valence-corrected chi connectivity index (χ3v) is 2.98. The Hall–Kier alpha value is -0.740. The lowest BCUT2D eigenvalue weighted by Gasteiger charge is -2.13. The van der Waals surface area contributed by atoms with Gasteiger partial charge >= 0.3 is 0 Å². The Labute approximate surface area is 117 Å². The summed E-state index contributed by atoms with van der Waals surface area (Å²) in [5, 5.41) is 13.7. The van der Waals surface area contributed by atoms with Gasteiger partial charge in [-0.05, 0) is 25.1 Å². The van der Waals surface area contributed by atoms with E-state index in [0.29, 0.717) is 22.3 Å². The Bertz CT molecular complexity index is 385. The third-order valence-electron chi connectivity index (χ3n) is 2.24. The second-order valence-electron chi connectivity index (χ2n) is 3.82. The molecule has 0 aromatic heterocycles. The first-order chi connectivity index (χ1) is 8.63. The van der Waals surface area contributed by atoms with Crippen LogP contribution in [-0.4, -0.2) is 30.9 Å². The molecule has 0 saturated carbocycles. The predicted octanol–water partition coefficient (Wildman–Crippen LogP) is 2.90. The molecule has 0 spiro atoms. The summed E-state index contributed by atoms with van der Waals surface area (Å²) in [6.07, 6.45) is 2.13. The second-order valence-corrected chi connectivity index (χ2v) is 4.64. The van der Waals surface area contributed by atoms with Crippen molar-refractivity contribution in [3.8, 4) is 5.75 Å². The van der Waals surface area contributed by atoms with Gasteiger partial charge in [-0.25, -0.2) is 0 Å². The minimum atomic E-state index is -0.565. The molecule has 1 atom stereocenters. The van der Waals surface area contributed by atoms with Crippen LogP contribution in [0.4, 0.5) is 0 Å². The summed E-state index contributed by atoms with van der Waals surface area (Å²) in [4.78, 5) is 0. The van der Waals surface area contributed by atoms with Crippen molar-refractivity contribution in [3.05, 3.63) is 40.9 Å². The van der Waals surface area contributed by atoms with Crippen LogP contribution in [0.2, 0.25) is 10.0 Å². The monoisotopic (exact) mass is 289 g/mol. The molecule has 3 nitrogen and oxygen atoms in total. The van der Waals surface area contributed by atoms with Crippen LogP contribution >= 0.6 is 23.2 Å². The van der Waals surface area contributed by atoms with E-state index < -0.39 is 6.10 Å². The SMILES string of the molecule is C=CCCNCC(O)COc1ccc(Cl)c(Cl)c1. The molecule has 0 bridgehead atoms. The summed E-state index contributed by atoms with van der Waals surface area (Å²) < 4.78 is 5.41. The second kappa shape index (κ2) is 8.38. The summed E-state index contributed by atoms with van der Waals surface area (Å²) in [6.45, 7) is 5.11. The van der Waals surface area contributed by atoms with Gasteiger partial charge in [0.05, 0.1) is 10.0 Å². The zero-order chi connectivity index (χ0) is 13.4. The topological polar surface area (TPSA) is 41.5 Å². The fourth-order valence-corrected chi connectivity index (χ4v) is 1.58. The summed E-state index contributed by atoms with van der Waals surface area (Å²) in [5.74, 6) is 0.592. The van der Waals surface area contributed by atoms with E-state index in [9.17, 15) is 5.11 Å². The molecule has 18 heavy (non-hydrogen) atoms. The Kier molecular flexibility index (Phi) is 7.13. The number of aliphatic hydroxyl groups excluding tert-OH is 1. The maximum atomic E-state index is 9.66. The van der Waals surface area contributed by atoms with E-state index in [1.54, 1.807) is 18.2 Å². The summed E-state index contributed by atoms with van der Waals surface area (Å²) in [7, 11) is 0. The van der Waals surface area contributed by atoms with E-state index in [1.807, 2.05) is 6.08 Å². The van der Waals surface area contributed by atoms with Crippen LogP contribution < -0.4 is 10.1 Å². The number of rotatable bonds is 8. The van der Waals surface area contributed by atoms with Gasteiger partial charge < -0.3 is 15.2 Å². The largest absolute Gasteiger partial charge is 0.491 e. The van der Waals surface area contributed by atoms with Crippen molar-refractivity contribution in [1.29, 1.82) is 0 Å². The number of hydrogen-bond acceptors (Lipinski definition) is 3. The highest BCUT2D eigenvalue weighted by Gasteiger charge is 2.05. The minimum absolute atomic E-state index is 0.207. The van der Waals surface area contributed by atoms with Gasteiger partial charge in [-0.1, -0.05) is 29.3 Å². The molecule has 0 amide bonds. The Morgan fingerprint density at radius 2 is 2.17 bits per heavy atom. The van der Waals surface area contributed by atoms with E-state index in [2.05, 4.69) is 11.9 Å². The van der Waals surface area contributed by atoms with Crippen LogP contribution in [0.15, 0.2) is 30.9 Å². The van der Waals surface area contributed by atoms with Crippen molar-refractivity contribution in [2.75, 3.05) is 19.7 Å². The average molecular weight is 290 g/mol. The molecule has 2 N–H and O–H groups in total. The Balaban J connectivity index is 2.26. The molecule has 1 rings (SSSR count). The van der Waals surface area contributed by atoms with Gasteiger partial charge in [0.2, 0.25) is 0 Å². The van der Waals surface area contributed by atoms with Gasteiger partial charge in [-0.2, -0.15) is 0 Å². The molecule has 0 aliphatic heterocycles. The van der Waals surface area contributed by atoms with Gasteiger partial charge in [0.25, 0.3) is 0 Å². The van der Waals surface area contributed by atoms with Crippen LogP contribution in [-0.2, 0) is 0 Å². The molecule has 100 valence electrons. The fraction of sp³-hybridized carbons (Fsp3) is 0.385. The average Bonchev–Trinajstić information content (AvgIpc) is 2.36. The maximum absolute atomic E-state index is 9.66. The lowest BCUT2D eigenvalue weighted by molar-refractivity contribution is 0.107. The first-order valence-corrected chi connectivity index (χ1v) is 6.46. The molecular formula is C13H17Cl2NO2. The minimum Gasteiger partial charge on any atom is -0.491 e. The number of ether oxygens (including phenoxy) is 1. The lowest BCUT2D eigenvalue weighted by atomic mass is 10.3. The molecule has 1 aromatic rings. The van der Waals surface area contributed by atoms with Gasteiger partial charge in [0.1, 0.15) is 18.5 Å². The molecule has 5 heteroatoms. The van der Waals surface area contributed by atoms with Crippen LogP contribution in [0.3, 0.4) is 0 Å². The highest BCUT2D eigenvalue weighted by atomic mass is 35.5. The van der Waals surface area contributed by atoms with Crippen molar-refractivity contribution >= 4 is 23.2 Å². The van der Waals surface area contributed by atoms with Crippen molar-refractivity contribution in [3.63, 3.8) is 0 Å². The van der Waals surface area contributed by atoms with Gasteiger partial charge in [0.15, 0.2) is 0 Å². The van der Waals surface area contributed by atoms with Gasteiger partial charge in [-0.15, -0.1) is 6.58 Å². The van der Waals surface area contributed by atoms with E-state index in [4.69, 9.17) is 27.9 Å². The molecule has 0 aliphatic rings. The van der Waals surface area contributed by atoms with Gasteiger partial charge in [-0.3, -0.25) is 0 Å². The van der Waals surface area contributed by atoms with E-state index >= 15 is 0 Å². The number of nitrogens with one attached hydrogen (secondary N) is 1. The molecule has 1 aromatic carbocycles. The quantitative estimate of drug-likeness (QED) is 0.571. The fourth-order valence-electron chi connectivity index (χ4n) is 1.29. The standard InChI is InChI=1S/C13H17Cl2NO2/c1-2-3-6-16-8-10(17)9-18-11-4-5-12(14)13(15)7-11/h2,4-5,7,10,16-17H,1,3,6,8-9H2. The van der Waals surface area contributed by atoms with Crippen LogP contribution in [0.1, 0.15) is 6.42 Å². The normalized spacial score (nSPS) is 12.2. The first-order valence-electron chi connectivity index (χ1n) is 5.71. The van der Waals surface area contributed by atoms with Crippen LogP contribution in [0, 0.1) is 0 Å². The Morgan fingerprint density at radius 3 is 2.83 bits per heavy atom. The number of hydrogen-bond donors (Lipinski definition) is 2. The maximum Gasteiger partial charge on any atom is 0.121 e. The smallest absolute Gasteiger partial charge is 0.121 e. The molecular weight excluding hydrogens is 273 g/mol. The van der Waals surface area contributed by atoms with E-state index in [0.717, 1.165) is 13.0 Å². The highest BCUT2D eigenvalue weighted by molar-refractivity contribution is 6.42. The Morgan fingerprint density at radius 1 is 1.39 bits per heavy atom. The third kappa shape index (κ3) is 5.74. The van der Waals surface area contributed by atoms with Crippen LogP contribution in [0.25, 0.3) is 0 Å². The molecule has 1 unspecified atom stereocenters. The zero-order valence-electron chi connectivity index (χ0n) is 10.0. The summed E-state index contributed by atoms with van der Waals surface area (Å²) >= 11 is 11.6. The van der Waals surface area contributed by atoms with E-state index in [1.165, 1.54) is 0 Å². The molecule has 0 heterocycles. The number of aliphatic hydroxyl groups is 1. The van der Waals surface area contributed by atoms with Crippen molar-refractivity contribution in [2.24, 2.45) is 0 Å². The van der Waals surface area contributed by atoms with Crippen molar-refractivity contribution in [1.82, 2.24) is 5.32 Å². The van der Waals surface area contributed by atoms with Crippen LogP contribution in [0.5, 0.6) is 5.75 Å². The number of halogens is 2. The predicted molar refractivity (Wildman–Crippen MR) is 75.6 cm³/mol. The summed E-state index contributed by atoms with van der Waals surface area (Å²) in [6, 6.07) is 5.00.